The van der Waals surface area contributed by atoms with E-state index in [2.05, 4.69) is 5.32 Å². The van der Waals surface area contributed by atoms with Crippen molar-refractivity contribution in [2.45, 2.75) is 31.7 Å². The van der Waals surface area contributed by atoms with Crippen LogP contribution in [0.5, 0.6) is 0 Å². The van der Waals surface area contributed by atoms with Gasteiger partial charge in [0, 0.05) is 19.3 Å². The second-order valence-electron chi connectivity index (χ2n) is 5.20. The van der Waals surface area contributed by atoms with E-state index in [0.29, 0.717) is 25.7 Å². The Hall–Kier alpha value is -2.11. The number of aliphatic carboxylic acids is 1. The summed E-state index contributed by atoms with van der Waals surface area (Å²) in [6.45, 7) is 0. The largest absolute Gasteiger partial charge is 0.481 e. The van der Waals surface area contributed by atoms with E-state index in [0.717, 1.165) is 0 Å². The lowest BCUT2D eigenvalue weighted by molar-refractivity contribution is -0.142. The summed E-state index contributed by atoms with van der Waals surface area (Å²) in [5.41, 5.74) is -0.209. The van der Waals surface area contributed by atoms with Gasteiger partial charge in [-0.3, -0.25) is 14.4 Å². The zero-order chi connectivity index (χ0) is 14.7. The Kier molecular flexibility index (Phi) is 4.22. The monoisotopic (exact) mass is 278 g/mol. The summed E-state index contributed by atoms with van der Waals surface area (Å²) in [6.07, 6.45) is 3.99. The molecular weight excluding hydrogens is 260 g/mol. The van der Waals surface area contributed by atoms with Crippen LogP contribution in [0.25, 0.3) is 0 Å². The van der Waals surface area contributed by atoms with Gasteiger partial charge in [0.1, 0.15) is 5.56 Å². The minimum Gasteiger partial charge on any atom is -0.481 e. The SMILES string of the molecule is Cn1cccc(C(=O)NC2CCC(C(=O)O)CC2)c1=O. The number of rotatable bonds is 3. The van der Waals surface area contributed by atoms with Crippen LogP contribution in [-0.4, -0.2) is 27.6 Å². The number of carboxylic acids is 1. The summed E-state index contributed by atoms with van der Waals surface area (Å²) in [5.74, 6) is -1.47. The van der Waals surface area contributed by atoms with E-state index in [4.69, 9.17) is 5.11 Å². The van der Waals surface area contributed by atoms with Crippen molar-refractivity contribution in [1.29, 1.82) is 0 Å². The number of hydrogen-bond acceptors (Lipinski definition) is 3. The van der Waals surface area contributed by atoms with Crippen LogP contribution in [0.2, 0.25) is 0 Å². The average Bonchev–Trinajstić information content (AvgIpc) is 2.42. The highest BCUT2D eigenvalue weighted by Crippen LogP contribution is 2.24. The number of carbonyl (C=O) groups excluding carboxylic acids is 1. The van der Waals surface area contributed by atoms with Gasteiger partial charge in [-0.05, 0) is 37.8 Å². The van der Waals surface area contributed by atoms with Crippen molar-refractivity contribution in [1.82, 2.24) is 9.88 Å². The molecule has 1 aliphatic carbocycles. The summed E-state index contributed by atoms with van der Waals surface area (Å²) >= 11 is 0. The van der Waals surface area contributed by atoms with E-state index in [1.165, 1.54) is 10.6 Å². The van der Waals surface area contributed by atoms with Crippen molar-refractivity contribution in [2.24, 2.45) is 13.0 Å². The molecule has 1 aliphatic rings. The third-order valence-corrected chi connectivity index (χ3v) is 3.78. The molecule has 0 unspecified atom stereocenters. The number of aryl methyl sites for hydroxylation is 1. The van der Waals surface area contributed by atoms with Crippen molar-refractivity contribution >= 4 is 11.9 Å². The lowest BCUT2D eigenvalue weighted by Gasteiger charge is -2.26. The minimum absolute atomic E-state index is 0.0528. The molecule has 108 valence electrons. The van der Waals surface area contributed by atoms with Crippen LogP contribution in [0.15, 0.2) is 23.1 Å². The zero-order valence-electron chi connectivity index (χ0n) is 11.3. The minimum atomic E-state index is -0.772. The van der Waals surface area contributed by atoms with Gasteiger partial charge in [-0.25, -0.2) is 0 Å². The Labute approximate surface area is 116 Å². The number of nitrogens with zero attached hydrogens (tertiary/aromatic N) is 1. The summed E-state index contributed by atoms with van der Waals surface area (Å²) in [7, 11) is 1.59. The number of aromatic nitrogens is 1. The van der Waals surface area contributed by atoms with Crippen LogP contribution in [0.1, 0.15) is 36.0 Å². The van der Waals surface area contributed by atoms with Gasteiger partial charge in [0.05, 0.1) is 5.92 Å². The fourth-order valence-electron chi connectivity index (χ4n) is 2.52. The van der Waals surface area contributed by atoms with Gasteiger partial charge in [0.2, 0.25) is 0 Å². The molecule has 1 aromatic rings. The number of hydrogen-bond donors (Lipinski definition) is 2. The van der Waals surface area contributed by atoms with Crippen LogP contribution in [0.4, 0.5) is 0 Å². The molecule has 0 radical (unpaired) electrons. The molecule has 20 heavy (non-hydrogen) atoms. The van der Waals surface area contributed by atoms with Crippen LogP contribution in [-0.2, 0) is 11.8 Å². The van der Waals surface area contributed by atoms with Crippen LogP contribution >= 0.6 is 0 Å². The fraction of sp³-hybridized carbons (Fsp3) is 0.500. The summed E-state index contributed by atoms with van der Waals surface area (Å²) < 4.78 is 1.36. The lowest BCUT2D eigenvalue weighted by atomic mass is 9.86. The fourth-order valence-corrected chi connectivity index (χ4v) is 2.52. The number of pyridine rings is 1. The molecule has 1 fully saturated rings. The van der Waals surface area contributed by atoms with Crippen molar-refractivity contribution < 1.29 is 14.7 Å². The van der Waals surface area contributed by atoms with E-state index in [1.54, 1.807) is 19.3 Å². The van der Waals surface area contributed by atoms with Crippen molar-refractivity contribution in [2.75, 3.05) is 0 Å². The smallest absolute Gasteiger partial charge is 0.306 e. The molecule has 0 bridgehead atoms. The van der Waals surface area contributed by atoms with Crippen molar-refractivity contribution in [3.63, 3.8) is 0 Å². The average molecular weight is 278 g/mol. The maximum atomic E-state index is 12.1. The molecule has 0 aliphatic heterocycles. The van der Waals surface area contributed by atoms with Gasteiger partial charge in [0.15, 0.2) is 0 Å². The van der Waals surface area contributed by atoms with Crippen LogP contribution in [0.3, 0.4) is 0 Å². The third-order valence-electron chi connectivity index (χ3n) is 3.78. The van der Waals surface area contributed by atoms with Gasteiger partial charge in [-0.1, -0.05) is 0 Å². The standard InChI is InChI=1S/C14H18N2O4/c1-16-8-2-3-11(13(16)18)12(17)15-10-6-4-9(5-7-10)14(19)20/h2-3,8-10H,4-7H2,1H3,(H,15,17)(H,19,20). The Balaban J connectivity index is 1.98. The molecule has 2 N–H and O–H groups in total. The van der Waals surface area contributed by atoms with Gasteiger partial charge in [-0.2, -0.15) is 0 Å². The van der Waals surface area contributed by atoms with Gasteiger partial charge in [-0.15, -0.1) is 0 Å². The molecule has 0 spiro atoms. The molecule has 0 saturated heterocycles. The first-order valence-corrected chi connectivity index (χ1v) is 6.68. The second kappa shape index (κ2) is 5.90. The van der Waals surface area contributed by atoms with Gasteiger partial charge < -0.3 is 15.0 Å². The third kappa shape index (κ3) is 3.07. The Morgan fingerprint density at radius 1 is 1.30 bits per heavy atom. The first kappa shape index (κ1) is 14.3. The van der Waals surface area contributed by atoms with Crippen LogP contribution < -0.4 is 10.9 Å². The number of amides is 1. The molecule has 1 saturated carbocycles. The zero-order valence-corrected chi connectivity index (χ0v) is 11.3. The van der Waals surface area contributed by atoms with Crippen molar-refractivity contribution in [3.05, 3.63) is 34.2 Å². The Bertz CT molecular complexity index is 571. The Morgan fingerprint density at radius 3 is 2.55 bits per heavy atom. The van der Waals surface area contributed by atoms with Crippen LogP contribution in [0, 0.1) is 5.92 Å². The molecule has 1 aromatic heterocycles. The van der Waals surface area contributed by atoms with E-state index in [1.807, 2.05) is 0 Å². The van der Waals surface area contributed by atoms with E-state index < -0.39 is 5.97 Å². The molecule has 0 aromatic carbocycles. The Morgan fingerprint density at radius 2 is 1.95 bits per heavy atom. The molecular formula is C14H18N2O4. The summed E-state index contributed by atoms with van der Waals surface area (Å²) in [5, 5.41) is 11.7. The summed E-state index contributed by atoms with van der Waals surface area (Å²) in [6, 6.07) is 3.10. The number of carboxylic acid groups (broad SMARTS) is 1. The van der Waals surface area contributed by atoms with Gasteiger partial charge in [0.25, 0.3) is 11.5 Å². The summed E-state index contributed by atoms with van der Waals surface area (Å²) in [4.78, 5) is 34.7. The highest BCUT2D eigenvalue weighted by molar-refractivity contribution is 5.94. The first-order valence-electron chi connectivity index (χ1n) is 6.68. The van der Waals surface area contributed by atoms with E-state index >= 15 is 0 Å². The maximum Gasteiger partial charge on any atom is 0.306 e. The molecule has 6 nitrogen and oxygen atoms in total. The topological polar surface area (TPSA) is 88.4 Å². The molecule has 1 amide bonds. The quantitative estimate of drug-likeness (QED) is 0.854. The van der Waals surface area contributed by atoms with E-state index in [-0.39, 0.29) is 29.0 Å². The van der Waals surface area contributed by atoms with Gasteiger partial charge >= 0.3 is 5.97 Å². The molecule has 1 heterocycles. The molecule has 0 atom stereocenters. The lowest BCUT2D eigenvalue weighted by Crippen LogP contribution is -2.41. The first-order chi connectivity index (χ1) is 9.49. The maximum absolute atomic E-state index is 12.1. The predicted molar refractivity (Wildman–Crippen MR) is 72.5 cm³/mol. The molecule has 2 rings (SSSR count). The van der Waals surface area contributed by atoms with Crippen molar-refractivity contribution in [3.8, 4) is 0 Å². The predicted octanol–water partition coefficient (Wildman–Crippen LogP) is 0.758. The number of nitrogens with one attached hydrogen (secondary N) is 1. The second-order valence-corrected chi connectivity index (χ2v) is 5.20. The van der Waals surface area contributed by atoms with E-state index in [9.17, 15) is 14.4 Å². The molecule has 6 heteroatoms. The number of carbonyl (C=O) groups is 2. The normalized spacial score (nSPS) is 22.2. The highest BCUT2D eigenvalue weighted by Gasteiger charge is 2.27. The highest BCUT2D eigenvalue weighted by atomic mass is 16.4.